The molecule has 4 bridgehead atoms. The van der Waals surface area contributed by atoms with Crippen molar-refractivity contribution in [1.82, 2.24) is 0 Å². The zero-order chi connectivity index (χ0) is 33.7. The maximum absolute atomic E-state index is 13.2. The summed E-state index contributed by atoms with van der Waals surface area (Å²) in [7, 11) is 0. The average Bonchev–Trinajstić information content (AvgIpc) is 3.09. The number of anilines is 2. The highest BCUT2D eigenvalue weighted by Crippen LogP contribution is 2.29. The zero-order valence-corrected chi connectivity index (χ0v) is 27.2. The molecule has 0 unspecified atom stereocenters. The van der Waals surface area contributed by atoms with E-state index in [0.29, 0.717) is 90.7 Å². The molecule has 0 aromatic heterocycles. The molecule has 10 nitrogen and oxygen atoms in total. The molecule has 1 aliphatic heterocycles. The van der Waals surface area contributed by atoms with Crippen molar-refractivity contribution in [3.8, 4) is 23.0 Å². The minimum absolute atomic E-state index is 0.142. The number of rotatable bonds is 0. The number of ether oxygens (including phenoxy) is 6. The van der Waals surface area contributed by atoms with E-state index < -0.39 is 0 Å². The number of hydrogen-bond donors (Lipinski definition) is 2. The summed E-state index contributed by atoms with van der Waals surface area (Å²) in [4.78, 5) is 26.4. The molecule has 250 valence electrons. The first-order valence-electron chi connectivity index (χ1n) is 15.7. The van der Waals surface area contributed by atoms with E-state index in [0.717, 1.165) is 11.1 Å². The Morgan fingerprint density at radius 1 is 0.542 bits per heavy atom. The zero-order valence-electron chi connectivity index (χ0n) is 27.2. The van der Waals surface area contributed by atoms with Crippen LogP contribution in [0.25, 0.3) is 0 Å². The Kier molecular flexibility index (Phi) is 12.1. The second-order valence-corrected chi connectivity index (χ2v) is 11.2. The van der Waals surface area contributed by atoms with E-state index in [2.05, 4.69) is 17.2 Å². The number of fused-ring (bicyclic) bond motifs is 6. The van der Waals surface area contributed by atoms with Gasteiger partial charge in [-0.25, -0.2) is 0 Å². The highest BCUT2D eigenvalue weighted by molar-refractivity contribution is 6.06. The topological polar surface area (TPSA) is 114 Å². The molecule has 2 amide bonds. The van der Waals surface area contributed by atoms with Crippen LogP contribution in [0.2, 0.25) is 0 Å². The lowest BCUT2D eigenvalue weighted by molar-refractivity contribution is 0.0273. The fraction of sp³-hybridized carbons (Fsp3) is 0.263. The van der Waals surface area contributed by atoms with Gasteiger partial charge in [0, 0.05) is 11.1 Å². The molecule has 5 rings (SSSR count). The largest absolute Gasteiger partial charge is 0.491 e. The van der Waals surface area contributed by atoms with E-state index in [4.69, 9.17) is 28.4 Å². The quantitative estimate of drug-likeness (QED) is 0.204. The Bertz CT molecular complexity index is 1610. The minimum atomic E-state index is -0.307. The first kappa shape index (κ1) is 34.0. The standard InChI is InChI=1S/C38H40N2O8/c1-26-10-12-33-35(20-26)47-24-28(3)25-48-36-21-27(2)11-13-34(36)40-38(42)30-7-5-9-32(23-30)46-19-17-44-15-14-43-16-18-45-31-8-4-6-29(22-31)37(41)39-33/h4-13,20-23H,3,14-19,24-25H2,1-2H3,(H,39,41)(H,40,42). The molecule has 0 radical (unpaired) electrons. The second-order valence-electron chi connectivity index (χ2n) is 11.2. The molecule has 0 fully saturated rings. The minimum Gasteiger partial charge on any atom is -0.491 e. The molecule has 0 saturated carbocycles. The van der Waals surface area contributed by atoms with Gasteiger partial charge in [-0.2, -0.15) is 0 Å². The first-order chi connectivity index (χ1) is 23.3. The lowest BCUT2D eigenvalue weighted by Crippen LogP contribution is -2.15. The summed E-state index contributed by atoms with van der Waals surface area (Å²) in [5.74, 6) is 1.49. The monoisotopic (exact) mass is 652 g/mol. The number of aryl methyl sites for hydroxylation is 2. The number of carbonyl (C=O) groups is 2. The summed E-state index contributed by atoms with van der Waals surface area (Å²) in [5, 5.41) is 5.89. The van der Waals surface area contributed by atoms with Gasteiger partial charge in [-0.15, -0.1) is 0 Å². The van der Waals surface area contributed by atoms with Gasteiger partial charge in [0.15, 0.2) is 0 Å². The third kappa shape index (κ3) is 10.1. The molecule has 0 atom stereocenters. The summed E-state index contributed by atoms with van der Waals surface area (Å²) in [6.45, 7) is 10.4. The van der Waals surface area contributed by atoms with Gasteiger partial charge in [0.05, 0.1) is 37.8 Å². The molecule has 2 N–H and O–H groups in total. The van der Waals surface area contributed by atoms with Crippen molar-refractivity contribution < 1.29 is 38.0 Å². The van der Waals surface area contributed by atoms with Crippen LogP contribution in [0.4, 0.5) is 11.4 Å². The van der Waals surface area contributed by atoms with Crippen molar-refractivity contribution >= 4 is 23.2 Å². The summed E-state index contributed by atoms with van der Waals surface area (Å²) >= 11 is 0. The van der Waals surface area contributed by atoms with Gasteiger partial charge in [0.1, 0.15) is 49.4 Å². The van der Waals surface area contributed by atoms with Gasteiger partial charge < -0.3 is 39.1 Å². The summed E-state index contributed by atoms with van der Waals surface area (Å²) < 4.78 is 35.0. The number of amides is 2. The van der Waals surface area contributed by atoms with Crippen LogP contribution in [-0.2, 0) is 9.47 Å². The fourth-order valence-corrected chi connectivity index (χ4v) is 4.71. The van der Waals surface area contributed by atoms with Crippen molar-refractivity contribution in [3.63, 3.8) is 0 Å². The molecule has 10 heteroatoms. The van der Waals surface area contributed by atoms with Gasteiger partial charge >= 0.3 is 0 Å². The summed E-state index contributed by atoms with van der Waals surface area (Å²) in [6, 6.07) is 25.0. The Balaban J connectivity index is 1.31. The van der Waals surface area contributed by atoms with Crippen LogP contribution >= 0.6 is 0 Å². The van der Waals surface area contributed by atoms with E-state index >= 15 is 0 Å². The molecule has 4 aromatic carbocycles. The maximum atomic E-state index is 13.2. The normalized spacial score (nSPS) is 15.6. The van der Waals surface area contributed by atoms with Crippen molar-refractivity contribution in [2.45, 2.75) is 13.8 Å². The molecular weight excluding hydrogens is 612 g/mol. The van der Waals surface area contributed by atoms with Crippen LogP contribution in [-0.4, -0.2) is 64.7 Å². The average molecular weight is 653 g/mol. The van der Waals surface area contributed by atoms with Gasteiger partial charge in [0.25, 0.3) is 11.8 Å². The fourth-order valence-electron chi connectivity index (χ4n) is 4.71. The lowest BCUT2D eigenvalue weighted by atomic mass is 10.1. The van der Waals surface area contributed by atoms with Crippen molar-refractivity contribution in [2.24, 2.45) is 0 Å². The third-order valence-electron chi connectivity index (χ3n) is 7.19. The Morgan fingerprint density at radius 3 is 1.44 bits per heavy atom. The summed E-state index contributed by atoms with van der Waals surface area (Å²) in [5.41, 5.74) is 4.49. The Hall–Kier alpha value is -5.32. The maximum Gasteiger partial charge on any atom is 0.255 e. The second kappa shape index (κ2) is 17.0. The van der Waals surface area contributed by atoms with Crippen LogP contribution in [0.3, 0.4) is 0 Å². The van der Waals surface area contributed by atoms with E-state index in [9.17, 15) is 9.59 Å². The first-order valence-corrected chi connectivity index (χ1v) is 15.7. The molecule has 1 heterocycles. The van der Waals surface area contributed by atoms with Gasteiger partial charge in [-0.3, -0.25) is 9.59 Å². The van der Waals surface area contributed by atoms with Crippen LogP contribution < -0.4 is 29.6 Å². The molecule has 0 spiro atoms. The molecule has 48 heavy (non-hydrogen) atoms. The highest BCUT2D eigenvalue weighted by Gasteiger charge is 2.15. The molecule has 4 aromatic rings. The highest BCUT2D eigenvalue weighted by atomic mass is 16.6. The van der Waals surface area contributed by atoms with E-state index in [-0.39, 0.29) is 25.0 Å². The van der Waals surface area contributed by atoms with Crippen molar-refractivity contribution in [1.29, 1.82) is 0 Å². The van der Waals surface area contributed by atoms with Crippen molar-refractivity contribution in [3.05, 3.63) is 119 Å². The lowest BCUT2D eigenvalue weighted by Gasteiger charge is -2.17. The molecule has 0 saturated heterocycles. The van der Waals surface area contributed by atoms with E-state index in [1.165, 1.54) is 0 Å². The number of nitrogens with one attached hydrogen (secondary N) is 2. The molecule has 0 aliphatic carbocycles. The SMILES string of the molecule is C=C1COc2cc(C)ccc2NC(=O)c2cccc(c2)OCCOCCOCCOc2cccc(c2)C(=O)Nc2ccc(C)cc2OC1. The van der Waals surface area contributed by atoms with Gasteiger partial charge in [0.2, 0.25) is 0 Å². The van der Waals surface area contributed by atoms with E-state index in [1.54, 1.807) is 60.7 Å². The van der Waals surface area contributed by atoms with Crippen molar-refractivity contribution in [2.75, 3.05) is 63.5 Å². The summed E-state index contributed by atoms with van der Waals surface area (Å²) in [6.07, 6.45) is 0. The number of benzene rings is 4. The van der Waals surface area contributed by atoms with Crippen LogP contribution in [0, 0.1) is 13.8 Å². The van der Waals surface area contributed by atoms with Crippen LogP contribution in [0.15, 0.2) is 97.1 Å². The van der Waals surface area contributed by atoms with Gasteiger partial charge in [-0.05, 0) is 91.2 Å². The predicted octanol–water partition coefficient (Wildman–Crippen LogP) is 6.63. The Labute approximate surface area is 280 Å². The molecular formula is C38H40N2O8. The smallest absolute Gasteiger partial charge is 0.255 e. The Morgan fingerprint density at radius 2 is 0.979 bits per heavy atom. The van der Waals surface area contributed by atoms with Crippen LogP contribution in [0.1, 0.15) is 31.8 Å². The predicted molar refractivity (Wildman–Crippen MR) is 184 cm³/mol. The van der Waals surface area contributed by atoms with Crippen LogP contribution in [0.5, 0.6) is 23.0 Å². The third-order valence-corrected chi connectivity index (χ3v) is 7.19. The number of hydrogen-bond acceptors (Lipinski definition) is 8. The number of carbonyl (C=O) groups excluding carboxylic acids is 2. The molecule has 1 aliphatic rings. The van der Waals surface area contributed by atoms with Gasteiger partial charge in [-0.1, -0.05) is 30.8 Å². The van der Waals surface area contributed by atoms with E-state index in [1.807, 2.05) is 38.1 Å².